The molecule has 0 aromatic heterocycles. The Kier molecular flexibility index (Phi) is 5.56. The van der Waals surface area contributed by atoms with Crippen LogP contribution in [0, 0.1) is 0 Å². The molecule has 6 nitrogen and oxygen atoms in total. The molecular weight excluding hydrogens is 252 g/mol. The molecule has 6 heteroatoms. The molecule has 0 bridgehead atoms. The van der Waals surface area contributed by atoms with Crippen LogP contribution in [0.25, 0.3) is 0 Å². The number of methoxy groups -OCH3 is 2. The fourth-order valence-electron chi connectivity index (χ4n) is 1.41. The molecule has 1 aromatic carbocycles. The van der Waals surface area contributed by atoms with Gasteiger partial charge in [-0.2, -0.15) is 4.89 Å². The summed E-state index contributed by atoms with van der Waals surface area (Å²) in [5.74, 6) is -1.81. The molecule has 0 aliphatic rings. The summed E-state index contributed by atoms with van der Waals surface area (Å²) in [5, 5.41) is 0. The number of hydrogen-bond acceptors (Lipinski definition) is 6. The van der Waals surface area contributed by atoms with Crippen LogP contribution in [0.15, 0.2) is 41.9 Å². The van der Waals surface area contributed by atoms with Gasteiger partial charge < -0.3 is 9.47 Å². The highest BCUT2D eigenvalue weighted by Crippen LogP contribution is 2.15. The lowest BCUT2D eigenvalue weighted by Crippen LogP contribution is -2.19. The van der Waals surface area contributed by atoms with Crippen molar-refractivity contribution in [3.63, 3.8) is 0 Å². The molecular formula is C13H14O6. The largest absolute Gasteiger partial charge is 0.468 e. The zero-order valence-corrected chi connectivity index (χ0v) is 10.8. The smallest absolute Gasteiger partial charge is 0.384 e. The second-order valence-corrected chi connectivity index (χ2v) is 3.30. The number of carbonyl (C=O) groups excluding carboxylic acids is 2. The molecule has 0 amide bonds. The third kappa shape index (κ3) is 3.56. The first-order valence-electron chi connectivity index (χ1n) is 5.32. The SMILES string of the molecule is COOC(=O)C(C(=O)c1ccccc1)=C(OC)OC. The number of rotatable bonds is 6. The predicted octanol–water partition coefficient (Wildman–Crippen LogP) is 1.48. The molecule has 0 unspecified atom stereocenters. The first-order chi connectivity index (χ1) is 9.15. The Morgan fingerprint density at radius 2 is 1.53 bits per heavy atom. The monoisotopic (exact) mass is 266 g/mol. The summed E-state index contributed by atoms with van der Waals surface area (Å²) in [7, 11) is 3.70. The standard InChI is InChI=1S/C13H14O6/c1-16-13(17-2)10(12(15)19-18-3)11(14)9-7-5-4-6-8-9/h4-8H,1-3H3. The van der Waals surface area contributed by atoms with Gasteiger partial charge in [-0.15, -0.1) is 0 Å². The van der Waals surface area contributed by atoms with Gasteiger partial charge in [0.1, 0.15) is 0 Å². The Hall–Kier alpha value is -2.34. The fraction of sp³-hybridized carbons (Fsp3) is 0.231. The summed E-state index contributed by atoms with van der Waals surface area (Å²) in [6.07, 6.45) is 0. The van der Waals surface area contributed by atoms with Crippen molar-refractivity contribution in [3.8, 4) is 0 Å². The molecule has 0 N–H and O–H groups in total. The van der Waals surface area contributed by atoms with Crippen molar-refractivity contribution in [1.29, 1.82) is 0 Å². The lowest BCUT2D eigenvalue weighted by Gasteiger charge is -2.10. The Balaban J connectivity index is 3.22. The molecule has 0 atom stereocenters. The lowest BCUT2D eigenvalue weighted by molar-refractivity contribution is -0.250. The molecule has 0 saturated heterocycles. The molecule has 0 aliphatic carbocycles. The zero-order valence-electron chi connectivity index (χ0n) is 10.8. The Bertz CT molecular complexity index is 471. The number of carbonyl (C=O) groups is 2. The molecule has 0 heterocycles. The van der Waals surface area contributed by atoms with Gasteiger partial charge in [0.05, 0.1) is 21.3 Å². The maximum Gasteiger partial charge on any atom is 0.384 e. The lowest BCUT2D eigenvalue weighted by atomic mass is 10.0. The number of benzene rings is 1. The highest BCUT2D eigenvalue weighted by atomic mass is 17.2. The highest BCUT2D eigenvalue weighted by Gasteiger charge is 2.28. The number of hydrogen-bond donors (Lipinski definition) is 0. The van der Waals surface area contributed by atoms with Crippen LogP contribution >= 0.6 is 0 Å². The van der Waals surface area contributed by atoms with Gasteiger partial charge in [-0.05, 0) is 0 Å². The first-order valence-corrected chi connectivity index (χ1v) is 5.32. The van der Waals surface area contributed by atoms with Crippen LogP contribution in [-0.2, 0) is 24.0 Å². The van der Waals surface area contributed by atoms with Crippen molar-refractivity contribution in [3.05, 3.63) is 47.4 Å². The van der Waals surface area contributed by atoms with Crippen molar-refractivity contribution in [2.24, 2.45) is 0 Å². The van der Waals surface area contributed by atoms with Gasteiger partial charge in [0.15, 0.2) is 5.57 Å². The van der Waals surface area contributed by atoms with E-state index in [0.717, 1.165) is 7.11 Å². The summed E-state index contributed by atoms with van der Waals surface area (Å²) in [6, 6.07) is 8.22. The van der Waals surface area contributed by atoms with Crippen molar-refractivity contribution in [1.82, 2.24) is 0 Å². The van der Waals surface area contributed by atoms with Gasteiger partial charge >= 0.3 is 5.97 Å². The molecule has 1 rings (SSSR count). The van der Waals surface area contributed by atoms with Crippen LogP contribution in [0.1, 0.15) is 10.4 Å². The van der Waals surface area contributed by atoms with E-state index in [0.29, 0.717) is 5.56 Å². The molecule has 102 valence electrons. The molecule has 0 radical (unpaired) electrons. The van der Waals surface area contributed by atoms with Crippen LogP contribution in [0.5, 0.6) is 0 Å². The number of Topliss-reactive ketones (excluding diaryl/α,β-unsaturated/α-hetero) is 1. The Morgan fingerprint density at radius 3 is 2.00 bits per heavy atom. The van der Waals surface area contributed by atoms with E-state index in [1.54, 1.807) is 30.3 Å². The average Bonchev–Trinajstić information content (AvgIpc) is 2.45. The number of ketones is 1. The summed E-state index contributed by atoms with van der Waals surface area (Å²) >= 11 is 0. The van der Waals surface area contributed by atoms with E-state index in [4.69, 9.17) is 9.47 Å². The topological polar surface area (TPSA) is 71.1 Å². The minimum atomic E-state index is -0.991. The minimum Gasteiger partial charge on any atom is -0.468 e. The van der Waals surface area contributed by atoms with Crippen molar-refractivity contribution < 1.29 is 28.8 Å². The molecule has 1 aromatic rings. The van der Waals surface area contributed by atoms with E-state index in [1.807, 2.05) is 0 Å². The van der Waals surface area contributed by atoms with Crippen molar-refractivity contribution >= 4 is 11.8 Å². The molecule has 0 aliphatic heterocycles. The Morgan fingerprint density at radius 1 is 0.947 bits per heavy atom. The van der Waals surface area contributed by atoms with Crippen molar-refractivity contribution in [2.45, 2.75) is 0 Å². The van der Waals surface area contributed by atoms with Gasteiger partial charge in [-0.3, -0.25) is 9.68 Å². The van der Waals surface area contributed by atoms with E-state index in [-0.39, 0.29) is 11.5 Å². The zero-order chi connectivity index (χ0) is 14.3. The predicted molar refractivity (Wildman–Crippen MR) is 64.9 cm³/mol. The summed E-state index contributed by atoms with van der Waals surface area (Å²) in [5.41, 5.74) is -0.0739. The van der Waals surface area contributed by atoms with Gasteiger partial charge in [0.25, 0.3) is 5.95 Å². The van der Waals surface area contributed by atoms with E-state index in [9.17, 15) is 9.59 Å². The summed E-state index contributed by atoms with van der Waals surface area (Å²) in [4.78, 5) is 32.6. The quantitative estimate of drug-likeness (QED) is 0.148. The van der Waals surface area contributed by atoms with E-state index in [2.05, 4.69) is 9.78 Å². The first kappa shape index (κ1) is 14.7. The van der Waals surface area contributed by atoms with Gasteiger partial charge in [-0.25, -0.2) is 4.79 Å². The van der Waals surface area contributed by atoms with Crippen LogP contribution < -0.4 is 0 Å². The highest BCUT2D eigenvalue weighted by molar-refractivity contribution is 6.24. The molecule has 0 spiro atoms. The maximum atomic E-state index is 12.2. The number of ether oxygens (including phenoxy) is 2. The van der Waals surface area contributed by atoms with Crippen LogP contribution in [0.3, 0.4) is 0 Å². The van der Waals surface area contributed by atoms with E-state index in [1.165, 1.54) is 14.2 Å². The van der Waals surface area contributed by atoms with E-state index >= 15 is 0 Å². The minimum absolute atomic E-state index is 0.240. The molecule has 0 fully saturated rings. The third-order valence-corrected chi connectivity index (χ3v) is 2.20. The van der Waals surface area contributed by atoms with E-state index < -0.39 is 11.8 Å². The van der Waals surface area contributed by atoms with Gasteiger partial charge in [-0.1, -0.05) is 30.3 Å². The molecule has 0 saturated carbocycles. The summed E-state index contributed by atoms with van der Waals surface area (Å²) in [6.45, 7) is 0. The average molecular weight is 266 g/mol. The van der Waals surface area contributed by atoms with Gasteiger partial charge in [0.2, 0.25) is 5.78 Å². The second-order valence-electron chi connectivity index (χ2n) is 3.30. The normalized spacial score (nSPS) is 9.42. The summed E-state index contributed by atoms with van der Waals surface area (Å²) < 4.78 is 9.70. The second kappa shape index (κ2) is 7.17. The maximum absolute atomic E-state index is 12.2. The molecule has 19 heavy (non-hydrogen) atoms. The Labute approximate surface area is 110 Å². The fourth-order valence-corrected chi connectivity index (χ4v) is 1.41. The van der Waals surface area contributed by atoms with Gasteiger partial charge in [0, 0.05) is 5.56 Å². The van der Waals surface area contributed by atoms with Crippen molar-refractivity contribution in [2.75, 3.05) is 21.3 Å². The third-order valence-electron chi connectivity index (χ3n) is 2.20. The van der Waals surface area contributed by atoms with Crippen LogP contribution in [0.2, 0.25) is 0 Å². The van der Waals surface area contributed by atoms with Crippen LogP contribution in [0.4, 0.5) is 0 Å². The van der Waals surface area contributed by atoms with Crippen LogP contribution in [-0.4, -0.2) is 33.1 Å².